The zero-order valence-corrected chi connectivity index (χ0v) is 12.7. The molecule has 0 bridgehead atoms. The quantitative estimate of drug-likeness (QED) is 0.833. The number of hydrogen-bond acceptors (Lipinski definition) is 3. The first-order chi connectivity index (χ1) is 9.52. The number of fused-ring (bicyclic) bond motifs is 1. The molecular formula is C14H19N3O2S. The SMILES string of the molecule is CCOc1cccc2c1[nH]c(=S)n2CC(=O)NC(C)C. The van der Waals surface area contributed by atoms with Crippen LogP contribution in [0.3, 0.4) is 0 Å². The third-order valence-corrected chi connectivity index (χ3v) is 3.15. The van der Waals surface area contributed by atoms with Crippen LogP contribution < -0.4 is 10.1 Å². The molecule has 0 aliphatic rings. The summed E-state index contributed by atoms with van der Waals surface area (Å²) in [5.41, 5.74) is 1.71. The fraction of sp³-hybridized carbons (Fsp3) is 0.429. The minimum atomic E-state index is -0.0567. The van der Waals surface area contributed by atoms with Gasteiger partial charge in [-0.25, -0.2) is 0 Å². The topological polar surface area (TPSA) is 59.0 Å². The van der Waals surface area contributed by atoms with Gasteiger partial charge in [-0.2, -0.15) is 0 Å². The van der Waals surface area contributed by atoms with Crippen LogP contribution in [0.1, 0.15) is 20.8 Å². The summed E-state index contributed by atoms with van der Waals surface area (Å²) in [4.78, 5) is 15.0. The van der Waals surface area contributed by atoms with Gasteiger partial charge in [0.25, 0.3) is 0 Å². The van der Waals surface area contributed by atoms with Crippen molar-refractivity contribution in [3.63, 3.8) is 0 Å². The van der Waals surface area contributed by atoms with Gasteiger partial charge in [-0.3, -0.25) is 4.79 Å². The van der Waals surface area contributed by atoms with Crippen molar-refractivity contribution in [3.8, 4) is 5.75 Å². The van der Waals surface area contributed by atoms with E-state index in [-0.39, 0.29) is 18.5 Å². The van der Waals surface area contributed by atoms with Gasteiger partial charge in [0.2, 0.25) is 5.91 Å². The van der Waals surface area contributed by atoms with Crippen molar-refractivity contribution in [1.82, 2.24) is 14.9 Å². The summed E-state index contributed by atoms with van der Waals surface area (Å²) in [6.07, 6.45) is 0. The van der Waals surface area contributed by atoms with Crippen LogP contribution in [-0.4, -0.2) is 28.1 Å². The van der Waals surface area contributed by atoms with E-state index in [9.17, 15) is 4.79 Å². The smallest absolute Gasteiger partial charge is 0.240 e. The standard InChI is InChI=1S/C14H19N3O2S/c1-4-19-11-7-5-6-10-13(11)16-14(20)17(10)8-12(18)15-9(2)3/h5-7,9H,4,8H2,1-3H3,(H,15,18)(H,16,20). The number of amides is 1. The fourth-order valence-corrected chi connectivity index (χ4v) is 2.36. The van der Waals surface area contributed by atoms with Crippen molar-refractivity contribution < 1.29 is 9.53 Å². The molecule has 1 aromatic heterocycles. The number of nitrogens with zero attached hydrogens (tertiary/aromatic N) is 1. The first-order valence-corrected chi connectivity index (χ1v) is 7.07. The Morgan fingerprint density at radius 3 is 2.90 bits per heavy atom. The molecule has 2 rings (SSSR count). The highest BCUT2D eigenvalue weighted by Crippen LogP contribution is 2.24. The molecule has 0 aliphatic heterocycles. The number of para-hydroxylation sites is 1. The number of imidazole rings is 1. The van der Waals surface area contributed by atoms with Gasteiger partial charge in [-0.05, 0) is 45.1 Å². The number of rotatable bonds is 5. The summed E-state index contributed by atoms with van der Waals surface area (Å²) < 4.78 is 7.87. The van der Waals surface area contributed by atoms with Gasteiger partial charge in [-0.15, -0.1) is 0 Å². The summed E-state index contributed by atoms with van der Waals surface area (Å²) >= 11 is 5.30. The van der Waals surface area contributed by atoms with Crippen LogP contribution in [0.4, 0.5) is 0 Å². The van der Waals surface area contributed by atoms with E-state index in [2.05, 4.69) is 10.3 Å². The van der Waals surface area contributed by atoms with Crippen LogP contribution in [0, 0.1) is 4.77 Å². The van der Waals surface area contributed by atoms with Gasteiger partial charge in [0.1, 0.15) is 17.8 Å². The molecule has 0 saturated carbocycles. The predicted molar refractivity (Wildman–Crippen MR) is 81.6 cm³/mol. The van der Waals surface area contributed by atoms with E-state index in [1.165, 1.54) is 0 Å². The van der Waals surface area contributed by atoms with Crippen LogP contribution in [0.2, 0.25) is 0 Å². The fourth-order valence-electron chi connectivity index (χ4n) is 2.10. The van der Waals surface area contributed by atoms with Crippen molar-refractivity contribution in [3.05, 3.63) is 23.0 Å². The van der Waals surface area contributed by atoms with E-state index in [1.807, 2.05) is 39.0 Å². The lowest BCUT2D eigenvalue weighted by molar-refractivity contribution is -0.122. The van der Waals surface area contributed by atoms with Crippen LogP contribution in [0.25, 0.3) is 11.0 Å². The zero-order valence-electron chi connectivity index (χ0n) is 11.9. The lowest BCUT2D eigenvalue weighted by Crippen LogP contribution is -2.33. The van der Waals surface area contributed by atoms with Crippen LogP contribution in [-0.2, 0) is 11.3 Å². The van der Waals surface area contributed by atoms with Gasteiger partial charge < -0.3 is 19.6 Å². The molecule has 20 heavy (non-hydrogen) atoms. The summed E-state index contributed by atoms with van der Waals surface area (Å²) in [6.45, 7) is 6.57. The van der Waals surface area contributed by atoms with Gasteiger partial charge in [-0.1, -0.05) is 6.07 Å². The number of carbonyl (C=O) groups excluding carboxylic acids is 1. The average molecular weight is 293 g/mol. The molecule has 0 spiro atoms. The van der Waals surface area contributed by atoms with E-state index in [0.717, 1.165) is 16.8 Å². The molecule has 0 radical (unpaired) electrons. The molecule has 0 atom stereocenters. The largest absolute Gasteiger partial charge is 0.492 e. The van der Waals surface area contributed by atoms with Crippen molar-refractivity contribution in [2.45, 2.75) is 33.4 Å². The normalized spacial score (nSPS) is 11.0. The molecule has 0 fully saturated rings. The summed E-state index contributed by atoms with van der Waals surface area (Å²) in [7, 11) is 0. The third kappa shape index (κ3) is 3.01. The molecule has 1 heterocycles. The number of H-pyrrole nitrogens is 1. The van der Waals surface area contributed by atoms with Gasteiger partial charge in [0, 0.05) is 6.04 Å². The van der Waals surface area contributed by atoms with Gasteiger partial charge in [0.15, 0.2) is 4.77 Å². The van der Waals surface area contributed by atoms with Gasteiger partial charge >= 0.3 is 0 Å². The first-order valence-electron chi connectivity index (χ1n) is 6.66. The molecule has 5 nitrogen and oxygen atoms in total. The maximum absolute atomic E-state index is 11.9. The molecule has 1 amide bonds. The van der Waals surface area contributed by atoms with E-state index in [0.29, 0.717) is 11.4 Å². The second-order valence-corrected chi connectivity index (χ2v) is 5.21. The number of aromatic amines is 1. The second-order valence-electron chi connectivity index (χ2n) is 4.82. The van der Waals surface area contributed by atoms with Gasteiger partial charge in [0.05, 0.1) is 12.1 Å². The molecule has 0 unspecified atom stereocenters. The lowest BCUT2D eigenvalue weighted by Gasteiger charge is -2.09. The summed E-state index contributed by atoms with van der Waals surface area (Å²) in [5, 5.41) is 2.86. The van der Waals surface area contributed by atoms with E-state index < -0.39 is 0 Å². The Balaban J connectivity index is 2.39. The number of carbonyl (C=O) groups is 1. The Labute approximate surface area is 122 Å². The van der Waals surface area contributed by atoms with Crippen molar-refractivity contribution in [2.75, 3.05) is 6.61 Å². The summed E-state index contributed by atoms with van der Waals surface area (Å²) in [5.74, 6) is 0.693. The van der Waals surface area contributed by atoms with E-state index in [4.69, 9.17) is 17.0 Å². The number of ether oxygens (including phenoxy) is 1. The molecule has 108 valence electrons. The number of hydrogen-bond donors (Lipinski definition) is 2. The Morgan fingerprint density at radius 2 is 2.25 bits per heavy atom. The minimum absolute atomic E-state index is 0.0567. The molecule has 0 aliphatic carbocycles. The maximum Gasteiger partial charge on any atom is 0.240 e. The predicted octanol–water partition coefficient (Wildman–Crippen LogP) is 2.62. The Kier molecular flexibility index (Phi) is 4.44. The Morgan fingerprint density at radius 1 is 1.50 bits per heavy atom. The van der Waals surface area contributed by atoms with E-state index in [1.54, 1.807) is 4.57 Å². The highest BCUT2D eigenvalue weighted by Gasteiger charge is 2.12. The molecule has 2 aromatic rings. The van der Waals surface area contributed by atoms with Crippen molar-refractivity contribution >= 4 is 29.2 Å². The molecular weight excluding hydrogens is 274 g/mol. The van der Waals surface area contributed by atoms with Crippen molar-refractivity contribution in [1.29, 1.82) is 0 Å². The molecule has 0 saturated heterocycles. The maximum atomic E-state index is 11.9. The molecule has 1 aromatic carbocycles. The monoisotopic (exact) mass is 293 g/mol. The average Bonchev–Trinajstić information content (AvgIpc) is 2.67. The first kappa shape index (κ1) is 14.6. The number of nitrogens with one attached hydrogen (secondary N) is 2. The van der Waals surface area contributed by atoms with Crippen LogP contribution >= 0.6 is 12.2 Å². The van der Waals surface area contributed by atoms with Crippen LogP contribution in [0.15, 0.2) is 18.2 Å². The van der Waals surface area contributed by atoms with Crippen molar-refractivity contribution in [2.24, 2.45) is 0 Å². The minimum Gasteiger partial charge on any atom is -0.492 e. The molecule has 2 N–H and O–H groups in total. The number of aromatic nitrogens is 2. The number of benzene rings is 1. The highest BCUT2D eigenvalue weighted by atomic mass is 32.1. The van der Waals surface area contributed by atoms with E-state index >= 15 is 0 Å². The third-order valence-electron chi connectivity index (χ3n) is 2.82. The lowest BCUT2D eigenvalue weighted by atomic mass is 10.3. The van der Waals surface area contributed by atoms with Crippen LogP contribution in [0.5, 0.6) is 5.75 Å². The summed E-state index contributed by atoms with van der Waals surface area (Å²) in [6, 6.07) is 5.82. The highest BCUT2D eigenvalue weighted by molar-refractivity contribution is 7.71. The zero-order chi connectivity index (χ0) is 14.7. The Hall–Kier alpha value is -1.82. The Bertz CT molecular complexity index is 673. The second kappa shape index (κ2) is 6.09. The molecule has 6 heteroatoms.